The lowest BCUT2D eigenvalue weighted by Crippen LogP contribution is -1.72. The summed E-state index contributed by atoms with van der Waals surface area (Å²) >= 11 is 0. The standard InChI is InChI=1S/C11H7NO/c1-2-4-10-8(3-1)9-7-13-6-5-11(9)12-10/h1-7H. The van der Waals surface area contributed by atoms with Crippen molar-refractivity contribution in [3.8, 4) is 11.3 Å². The topological polar surface area (TPSA) is 26.0 Å². The summed E-state index contributed by atoms with van der Waals surface area (Å²) in [5.41, 5.74) is 3.10. The molecule has 0 spiro atoms. The smallest absolute Gasteiger partial charge is 0.100 e. The van der Waals surface area contributed by atoms with Gasteiger partial charge in [-0.15, -0.1) is 0 Å². The Morgan fingerprint density at radius 2 is 2.00 bits per heavy atom. The second-order valence-electron chi connectivity index (χ2n) is 2.98. The molecule has 0 radical (unpaired) electrons. The van der Waals surface area contributed by atoms with Gasteiger partial charge in [-0.1, -0.05) is 18.2 Å². The van der Waals surface area contributed by atoms with E-state index >= 15 is 0 Å². The van der Waals surface area contributed by atoms with Crippen molar-refractivity contribution in [2.24, 2.45) is 0 Å². The Kier molecular flexibility index (Phi) is 1.19. The molecule has 0 saturated carbocycles. The number of hydrogen-bond acceptors (Lipinski definition) is 2. The van der Waals surface area contributed by atoms with Gasteiger partial charge < -0.3 is 4.42 Å². The van der Waals surface area contributed by atoms with E-state index in [4.69, 9.17) is 4.42 Å². The van der Waals surface area contributed by atoms with Crippen molar-refractivity contribution in [1.29, 1.82) is 0 Å². The summed E-state index contributed by atoms with van der Waals surface area (Å²) in [5, 5.41) is 1.15. The minimum absolute atomic E-state index is 0.993. The molecule has 0 bridgehead atoms. The summed E-state index contributed by atoms with van der Waals surface area (Å²) < 4.78 is 5.12. The highest BCUT2D eigenvalue weighted by atomic mass is 16.3. The van der Waals surface area contributed by atoms with E-state index in [-0.39, 0.29) is 0 Å². The molecule has 2 heterocycles. The molecule has 2 aliphatic rings. The first-order chi connectivity index (χ1) is 6.45. The summed E-state index contributed by atoms with van der Waals surface area (Å²) in [4.78, 5) is 4.46. The normalized spacial score (nSPS) is 11.1. The Morgan fingerprint density at radius 3 is 3.00 bits per heavy atom. The van der Waals surface area contributed by atoms with E-state index in [9.17, 15) is 0 Å². The number of rotatable bonds is 0. The van der Waals surface area contributed by atoms with E-state index in [1.807, 2.05) is 24.3 Å². The predicted molar refractivity (Wildman–Crippen MR) is 50.6 cm³/mol. The highest BCUT2D eigenvalue weighted by Gasteiger charge is 2.09. The zero-order chi connectivity index (χ0) is 8.67. The number of hydrogen-bond donors (Lipinski definition) is 0. The SMILES string of the molecule is c1ccc2c3coccc-3nc2c1. The summed E-state index contributed by atoms with van der Waals surface area (Å²) in [5.74, 6) is 0. The Morgan fingerprint density at radius 1 is 1.08 bits per heavy atom. The van der Waals surface area contributed by atoms with Crippen LogP contribution in [0.4, 0.5) is 0 Å². The molecule has 0 N–H and O–H groups in total. The fraction of sp³-hybridized carbons (Fsp3) is 0. The van der Waals surface area contributed by atoms with E-state index in [1.165, 1.54) is 0 Å². The van der Waals surface area contributed by atoms with Crippen LogP contribution in [0.5, 0.6) is 0 Å². The van der Waals surface area contributed by atoms with Crippen molar-refractivity contribution < 1.29 is 4.42 Å². The average Bonchev–Trinajstić information content (AvgIpc) is 2.56. The van der Waals surface area contributed by atoms with Crippen LogP contribution in [0.3, 0.4) is 0 Å². The molecule has 0 saturated heterocycles. The van der Waals surface area contributed by atoms with Crippen LogP contribution in [-0.2, 0) is 0 Å². The van der Waals surface area contributed by atoms with Gasteiger partial charge in [0.2, 0.25) is 0 Å². The fourth-order valence-electron chi connectivity index (χ4n) is 1.59. The number of fused-ring (bicyclic) bond motifs is 3. The molecule has 2 nitrogen and oxygen atoms in total. The molecule has 3 rings (SSSR count). The van der Waals surface area contributed by atoms with Crippen LogP contribution in [0, 0.1) is 0 Å². The Labute approximate surface area is 75.2 Å². The van der Waals surface area contributed by atoms with Crippen LogP contribution in [0.2, 0.25) is 0 Å². The Bertz CT molecular complexity index is 527. The van der Waals surface area contributed by atoms with Gasteiger partial charge in [-0.05, 0) is 12.1 Å². The van der Waals surface area contributed by atoms with Gasteiger partial charge in [0, 0.05) is 10.9 Å². The van der Waals surface area contributed by atoms with Gasteiger partial charge in [0.1, 0.15) is 6.26 Å². The maximum Gasteiger partial charge on any atom is 0.100 e. The lowest BCUT2D eigenvalue weighted by Gasteiger charge is -1.92. The van der Waals surface area contributed by atoms with Crippen LogP contribution in [0.1, 0.15) is 0 Å². The number of nitrogens with zero attached hydrogens (tertiary/aromatic N) is 1. The van der Waals surface area contributed by atoms with Crippen molar-refractivity contribution in [1.82, 2.24) is 4.98 Å². The molecule has 62 valence electrons. The van der Waals surface area contributed by atoms with E-state index in [0.717, 1.165) is 22.2 Å². The minimum atomic E-state index is 0.993. The van der Waals surface area contributed by atoms with Gasteiger partial charge in [-0.3, -0.25) is 0 Å². The molecule has 0 fully saturated rings. The maximum absolute atomic E-state index is 5.12. The van der Waals surface area contributed by atoms with Crippen LogP contribution in [-0.4, -0.2) is 4.98 Å². The quantitative estimate of drug-likeness (QED) is 0.517. The molecule has 0 atom stereocenters. The van der Waals surface area contributed by atoms with Gasteiger partial charge in [0.05, 0.1) is 17.5 Å². The first-order valence-electron chi connectivity index (χ1n) is 4.16. The fourth-order valence-corrected chi connectivity index (χ4v) is 1.59. The molecule has 1 aromatic carbocycles. The third-order valence-corrected chi connectivity index (χ3v) is 2.20. The zero-order valence-electron chi connectivity index (χ0n) is 6.90. The summed E-state index contributed by atoms with van der Waals surface area (Å²) in [6.07, 6.45) is 3.39. The first-order valence-corrected chi connectivity index (χ1v) is 4.16. The molecule has 0 aliphatic carbocycles. The number of aromatic nitrogens is 1. The van der Waals surface area contributed by atoms with Crippen LogP contribution >= 0.6 is 0 Å². The second-order valence-corrected chi connectivity index (χ2v) is 2.98. The van der Waals surface area contributed by atoms with E-state index < -0.39 is 0 Å². The molecule has 0 amide bonds. The van der Waals surface area contributed by atoms with Gasteiger partial charge in [0.15, 0.2) is 0 Å². The molecule has 0 aromatic heterocycles. The predicted octanol–water partition coefficient (Wildman–Crippen LogP) is 2.93. The highest BCUT2D eigenvalue weighted by Crippen LogP contribution is 2.29. The zero-order valence-corrected chi connectivity index (χ0v) is 6.90. The first kappa shape index (κ1) is 6.66. The van der Waals surface area contributed by atoms with Crippen molar-refractivity contribution in [2.75, 3.05) is 0 Å². The third kappa shape index (κ3) is 0.855. The Hall–Kier alpha value is -1.83. The van der Waals surface area contributed by atoms with Crippen molar-refractivity contribution in [3.05, 3.63) is 42.9 Å². The van der Waals surface area contributed by atoms with E-state index in [0.29, 0.717) is 0 Å². The monoisotopic (exact) mass is 169 g/mol. The molecular weight excluding hydrogens is 162 g/mol. The summed E-state index contributed by atoms with van der Waals surface area (Å²) in [6, 6.07) is 9.95. The average molecular weight is 169 g/mol. The lowest BCUT2D eigenvalue weighted by atomic mass is 10.1. The molecule has 2 heteroatoms. The molecule has 0 unspecified atom stereocenters. The van der Waals surface area contributed by atoms with Gasteiger partial charge in [-0.2, -0.15) is 0 Å². The number of para-hydroxylation sites is 1. The highest BCUT2D eigenvalue weighted by molar-refractivity contribution is 5.96. The van der Waals surface area contributed by atoms with Gasteiger partial charge >= 0.3 is 0 Å². The van der Waals surface area contributed by atoms with Crippen LogP contribution in [0.15, 0.2) is 47.3 Å². The summed E-state index contributed by atoms with van der Waals surface area (Å²) in [6.45, 7) is 0. The Balaban J connectivity index is 2.56. The van der Waals surface area contributed by atoms with E-state index in [1.54, 1.807) is 12.5 Å². The molecule has 13 heavy (non-hydrogen) atoms. The van der Waals surface area contributed by atoms with Crippen molar-refractivity contribution >= 4 is 10.9 Å². The maximum atomic E-state index is 5.12. The third-order valence-electron chi connectivity index (χ3n) is 2.20. The van der Waals surface area contributed by atoms with Crippen LogP contribution < -0.4 is 0 Å². The molecule has 2 aliphatic heterocycles. The largest absolute Gasteiger partial charge is 0.472 e. The molecular formula is C11H7NO. The lowest BCUT2D eigenvalue weighted by molar-refractivity contribution is 0.552. The van der Waals surface area contributed by atoms with Gasteiger partial charge in [0.25, 0.3) is 0 Å². The van der Waals surface area contributed by atoms with Gasteiger partial charge in [-0.25, -0.2) is 4.98 Å². The minimum Gasteiger partial charge on any atom is -0.472 e. The van der Waals surface area contributed by atoms with Crippen LogP contribution in [0.25, 0.3) is 22.2 Å². The number of benzene rings is 1. The molecule has 1 aromatic rings. The van der Waals surface area contributed by atoms with E-state index in [2.05, 4.69) is 11.1 Å². The second kappa shape index (κ2) is 2.33. The summed E-state index contributed by atoms with van der Waals surface area (Å²) in [7, 11) is 0. The van der Waals surface area contributed by atoms with Crippen molar-refractivity contribution in [2.45, 2.75) is 0 Å². The van der Waals surface area contributed by atoms with Crippen molar-refractivity contribution in [3.63, 3.8) is 0 Å².